The Labute approximate surface area is 189 Å². The average Bonchev–Trinajstić information content (AvgIpc) is 3.34. The zero-order valence-electron chi connectivity index (χ0n) is 18.4. The highest BCUT2D eigenvalue weighted by Gasteiger charge is 2.39. The zero-order valence-corrected chi connectivity index (χ0v) is 18.4. The first kappa shape index (κ1) is 20.4. The fourth-order valence-electron chi connectivity index (χ4n) is 5.08. The molecule has 2 N–H and O–H groups in total. The summed E-state index contributed by atoms with van der Waals surface area (Å²) in [6.45, 7) is 2.02. The van der Waals surface area contributed by atoms with Crippen molar-refractivity contribution >= 4 is 11.6 Å². The van der Waals surface area contributed by atoms with E-state index in [1.54, 1.807) is 7.11 Å². The van der Waals surface area contributed by atoms with Crippen molar-refractivity contribution in [2.75, 3.05) is 12.4 Å². The average molecular weight is 425 g/mol. The van der Waals surface area contributed by atoms with E-state index in [-0.39, 0.29) is 18.0 Å². The van der Waals surface area contributed by atoms with Crippen molar-refractivity contribution in [3.63, 3.8) is 0 Å². The third kappa shape index (κ3) is 3.66. The molecule has 2 aliphatic rings. The summed E-state index contributed by atoms with van der Waals surface area (Å²) >= 11 is 0. The molecule has 0 bridgehead atoms. The summed E-state index contributed by atoms with van der Waals surface area (Å²) in [6, 6.07) is 24.4. The van der Waals surface area contributed by atoms with Crippen LogP contribution in [0.5, 0.6) is 5.75 Å². The summed E-state index contributed by atoms with van der Waals surface area (Å²) in [5, 5.41) is 6.92. The molecule has 162 valence electrons. The van der Waals surface area contributed by atoms with Crippen LogP contribution in [0.2, 0.25) is 0 Å². The van der Waals surface area contributed by atoms with Crippen LogP contribution in [0.3, 0.4) is 0 Å². The predicted molar refractivity (Wildman–Crippen MR) is 128 cm³/mol. The lowest BCUT2D eigenvalue weighted by Gasteiger charge is -2.38. The molecule has 4 unspecified atom stereocenters. The minimum Gasteiger partial charge on any atom is -0.497 e. The number of fused-ring (bicyclic) bond motifs is 3. The van der Waals surface area contributed by atoms with Crippen molar-refractivity contribution in [3.8, 4) is 5.75 Å². The summed E-state index contributed by atoms with van der Waals surface area (Å²) in [7, 11) is 1.69. The van der Waals surface area contributed by atoms with Crippen LogP contribution in [0.4, 0.5) is 5.69 Å². The standard InChI is InChI=1S/C28H28N2O2/c1-18(19-9-4-3-5-10-19)29-28(31)25-16-8-15-24-22-13-7-14-23(22)26(30-27(24)25)20-11-6-12-21(17-20)32-2/h3-13,15-18,22-23,26,30H,14H2,1-2H3,(H,29,31). The van der Waals surface area contributed by atoms with Crippen molar-refractivity contribution in [2.45, 2.75) is 31.3 Å². The van der Waals surface area contributed by atoms with Crippen molar-refractivity contribution in [1.82, 2.24) is 5.32 Å². The molecule has 1 amide bonds. The minimum absolute atomic E-state index is 0.0597. The molecule has 0 saturated heterocycles. The van der Waals surface area contributed by atoms with Crippen LogP contribution in [0.15, 0.2) is 84.9 Å². The molecule has 1 aliphatic carbocycles. The highest BCUT2D eigenvalue weighted by Crippen LogP contribution is 2.50. The number of allylic oxidation sites excluding steroid dienone is 2. The monoisotopic (exact) mass is 424 g/mol. The van der Waals surface area contributed by atoms with E-state index in [4.69, 9.17) is 4.74 Å². The van der Waals surface area contributed by atoms with Gasteiger partial charge in [0.2, 0.25) is 0 Å². The first-order valence-corrected chi connectivity index (χ1v) is 11.2. The number of hydrogen-bond donors (Lipinski definition) is 2. The number of anilines is 1. The Morgan fingerprint density at radius 1 is 1.06 bits per heavy atom. The number of ether oxygens (including phenoxy) is 1. The van der Waals surface area contributed by atoms with Gasteiger partial charge >= 0.3 is 0 Å². The lowest BCUT2D eigenvalue weighted by atomic mass is 9.76. The van der Waals surface area contributed by atoms with Crippen molar-refractivity contribution in [2.24, 2.45) is 5.92 Å². The van der Waals surface area contributed by atoms with Crippen molar-refractivity contribution in [1.29, 1.82) is 0 Å². The second kappa shape index (κ2) is 8.54. The van der Waals surface area contributed by atoms with E-state index >= 15 is 0 Å². The van der Waals surface area contributed by atoms with Gasteiger partial charge in [-0.2, -0.15) is 0 Å². The molecule has 1 aliphatic heterocycles. The Balaban J connectivity index is 1.49. The first-order chi connectivity index (χ1) is 15.7. The van der Waals surface area contributed by atoms with Gasteiger partial charge in [0.15, 0.2) is 0 Å². The fraction of sp³-hybridized carbons (Fsp3) is 0.250. The van der Waals surface area contributed by atoms with Crippen LogP contribution in [0.1, 0.15) is 58.4 Å². The number of para-hydroxylation sites is 1. The van der Waals surface area contributed by atoms with E-state index in [1.165, 1.54) is 11.1 Å². The molecular weight excluding hydrogens is 396 g/mol. The Kier molecular flexibility index (Phi) is 5.44. The third-order valence-electron chi connectivity index (χ3n) is 6.74. The van der Waals surface area contributed by atoms with E-state index < -0.39 is 0 Å². The maximum Gasteiger partial charge on any atom is 0.253 e. The van der Waals surface area contributed by atoms with Gasteiger partial charge in [-0.05, 0) is 54.2 Å². The van der Waals surface area contributed by atoms with Crippen LogP contribution < -0.4 is 15.4 Å². The summed E-state index contributed by atoms with van der Waals surface area (Å²) in [5.74, 6) is 1.49. The Bertz CT molecular complexity index is 1160. The molecule has 4 heteroatoms. The molecule has 3 aromatic carbocycles. The highest BCUT2D eigenvalue weighted by atomic mass is 16.5. The van der Waals surface area contributed by atoms with Crippen LogP contribution >= 0.6 is 0 Å². The van der Waals surface area contributed by atoms with Crippen LogP contribution in [0, 0.1) is 5.92 Å². The molecule has 3 aromatic rings. The van der Waals surface area contributed by atoms with E-state index in [0.717, 1.165) is 23.4 Å². The number of benzene rings is 3. The normalized spacial score (nSPS) is 21.8. The largest absolute Gasteiger partial charge is 0.497 e. The van der Waals surface area contributed by atoms with Gasteiger partial charge in [0.1, 0.15) is 5.75 Å². The molecule has 0 saturated carbocycles. The van der Waals surface area contributed by atoms with Crippen molar-refractivity contribution in [3.05, 3.63) is 107 Å². The second-order valence-corrected chi connectivity index (χ2v) is 8.63. The lowest BCUT2D eigenvalue weighted by molar-refractivity contribution is 0.0940. The number of amides is 1. The van der Waals surface area contributed by atoms with Gasteiger partial charge in [-0.3, -0.25) is 4.79 Å². The summed E-state index contributed by atoms with van der Waals surface area (Å²) in [5.41, 5.74) is 5.10. The second-order valence-electron chi connectivity index (χ2n) is 8.63. The van der Waals surface area contributed by atoms with Crippen molar-refractivity contribution < 1.29 is 9.53 Å². The molecule has 0 aromatic heterocycles. The predicted octanol–water partition coefficient (Wildman–Crippen LogP) is 6.01. The van der Waals surface area contributed by atoms with Gasteiger partial charge in [0.05, 0.1) is 30.4 Å². The molecular formula is C28H28N2O2. The van der Waals surface area contributed by atoms with Gasteiger partial charge in [-0.1, -0.05) is 66.7 Å². The van der Waals surface area contributed by atoms with Crippen LogP contribution in [-0.4, -0.2) is 13.0 Å². The summed E-state index contributed by atoms with van der Waals surface area (Å²) in [4.78, 5) is 13.3. The number of carbonyl (C=O) groups excluding carboxylic acids is 1. The molecule has 0 radical (unpaired) electrons. The number of hydrogen-bond acceptors (Lipinski definition) is 3. The molecule has 0 fully saturated rings. The van der Waals surface area contributed by atoms with E-state index in [0.29, 0.717) is 17.4 Å². The van der Waals surface area contributed by atoms with E-state index in [2.05, 4.69) is 41.0 Å². The topological polar surface area (TPSA) is 50.4 Å². The Morgan fingerprint density at radius 2 is 1.88 bits per heavy atom. The van der Waals surface area contributed by atoms with Gasteiger partial charge in [0.25, 0.3) is 5.91 Å². The smallest absolute Gasteiger partial charge is 0.253 e. The molecule has 32 heavy (non-hydrogen) atoms. The number of methoxy groups -OCH3 is 1. The van der Waals surface area contributed by atoms with Gasteiger partial charge in [-0.25, -0.2) is 0 Å². The molecule has 4 nitrogen and oxygen atoms in total. The summed E-state index contributed by atoms with van der Waals surface area (Å²) in [6.07, 6.45) is 5.58. The SMILES string of the molecule is COc1cccc(C2Nc3c(C(=O)NC(C)c4ccccc4)cccc3C3C=CCC32)c1. The zero-order chi connectivity index (χ0) is 22.1. The maximum absolute atomic E-state index is 13.3. The van der Waals surface area contributed by atoms with Gasteiger partial charge in [-0.15, -0.1) is 0 Å². The van der Waals surface area contributed by atoms with Crippen LogP contribution in [0.25, 0.3) is 0 Å². The number of nitrogens with one attached hydrogen (secondary N) is 2. The first-order valence-electron chi connectivity index (χ1n) is 11.2. The summed E-state index contributed by atoms with van der Waals surface area (Å²) < 4.78 is 5.47. The minimum atomic E-state index is -0.0727. The quantitative estimate of drug-likeness (QED) is 0.493. The van der Waals surface area contributed by atoms with E-state index in [1.807, 2.05) is 61.5 Å². The van der Waals surface area contributed by atoms with Gasteiger partial charge < -0.3 is 15.4 Å². The Morgan fingerprint density at radius 3 is 2.69 bits per heavy atom. The third-order valence-corrected chi connectivity index (χ3v) is 6.74. The van der Waals surface area contributed by atoms with E-state index in [9.17, 15) is 4.79 Å². The molecule has 1 heterocycles. The fourth-order valence-corrected chi connectivity index (χ4v) is 5.08. The maximum atomic E-state index is 13.3. The number of rotatable bonds is 5. The van der Waals surface area contributed by atoms with Crippen LogP contribution in [-0.2, 0) is 0 Å². The molecule has 5 rings (SSSR count). The Hall–Kier alpha value is -3.53. The molecule has 0 spiro atoms. The molecule has 4 atom stereocenters. The number of carbonyl (C=O) groups is 1. The van der Waals surface area contributed by atoms with Gasteiger partial charge in [0, 0.05) is 5.92 Å². The lowest BCUT2D eigenvalue weighted by Crippen LogP contribution is -2.32. The highest BCUT2D eigenvalue weighted by molar-refractivity contribution is 6.01.